The van der Waals surface area contributed by atoms with Crippen molar-refractivity contribution < 1.29 is 4.79 Å². The van der Waals surface area contributed by atoms with E-state index in [1.807, 2.05) is 0 Å². The molecule has 3 heteroatoms. The van der Waals surface area contributed by atoms with Crippen LogP contribution in [0.15, 0.2) is 24.3 Å². The van der Waals surface area contributed by atoms with E-state index in [4.69, 9.17) is 0 Å². The molecule has 20 heavy (non-hydrogen) atoms. The molecule has 1 heterocycles. The van der Waals surface area contributed by atoms with Crippen molar-refractivity contribution in [3.63, 3.8) is 0 Å². The van der Waals surface area contributed by atoms with Gasteiger partial charge in [-0.25, -0.2) is 0 Å². The fraction of sp³-hybridized carbons (Fsp3) is 0.588. The second-order valence-electron chi connectivity index (χ2n) is 6.64. The molecule has 2 N–H and O–H groups in total. The van der Waals surface area contributed by atoms with Gasteiger partial charge in [-0.1, -0.05) is 44.0 Å². The SMILES string of the molecule is CC1(CNC(=O)[C@H]2Cc3ccccc3CN2)CCCC1. The Kier molecular flexibility index (Phi) is 3.79. The van der Waals surface area contributed by atoms with Crippen molar-refractivity contribution in [2.75, 3.05) is 6.54 Å². The molecule has 0 unspecified atom stereocenters. The van der Waals surface area contributed by atoms with E-state index >= 15 is 0 Å². The van der Waals surface area contributed by atoms with E-state index in [1.54, 1.807) is 0 Å². The maximum absolute atomic E-state index is 12.3. The zero-order valence-electron chi connectivity index (χ0n) is 12.2. The summed E-state index contributed by atoms with van der Waals surface area (Å²) in [5.74, 6) is 0.160. The summed E-state index contributed by atoms with van der Waals surface area (Å²) >= 11 is 0. The maximum atomic E-state index is 12.3. The summed E-state index contributed by atoms with van der Waals surface area (Å²) in [6.07, 6.45) is 5.91. The van der Waals surface area contributed by atoms with Crippen molar-refractivity contribution >= 4 is 5.91 Å². The van der Waals surface area contributed by atoms with Gasteiger partial charge in [0.15, 0.2) is 0 Å². The Labute approximate surface area is 121 Å². The lowest BCUT2D eigenvalue weighted by atomic mass is 9.88. The van der Waals surface area contributed by atoms with Crippen LogP contribution in [0.1, 0.15) is 43.7 Å². The number of fused-ring (bicyclic) bond motifs is 1. The van der Waals surface area contributed by atoms with Gasteiger partial charge in [0.2, 0.25) is 5.91 Å². The number of benzene rings is 1. The highest BCUT2D eigenvalue weighted by Crippen LogP contribution is 2.36. The van der Waals surface area contributed by atoms with Crippen LogP contribution in [0.5, 0.6) is 0 Å². The molecule has 0 saturated heterocycles. The maximum Gasteiger partial charge on any atom is 0.237 e. The average Bonchev–Trinajstić information content (AvgIpc) is 2.91. The number of carbonyl (C=O) groups is 1. The van der Waals surface area contributed by atoms with Crippen LogP contribution in [0, 0.1) is 5.41 Å². The first-order valence-corrected chi connectivity index (χ1v) is 7.74. The highest BCUT2D eigenvalue weighted by Gasteiger charge is 2.30. The normalized spacial score (nSPS) is 24.1. The van der Waals surface area contributed by atoms with Gasteiger partial charge in [-0.2, -0.15) is 0 Å². The molecule has 1 aromatic rings. The van der Waals surface area contributed by atoms with Crippen LogP contribution in [-0.4, -0.2) is 18.5 Å². The largest absolute Gasteiger partial charge is 0.354 e. The van der Waals surface area contributed by atoms with Crippen molar-refractivity contribution in [1.82, 2.24) is 10.6 Å². The predicted octanol–water partition coefficient (Wildman–Crippen LogP) is 2.40. The molecule has 1 aromatic carbocycles. The van der Waals surface area contributed by atoms with Crippen molar-refractivity contribution in [3.8, 4) is 0 Å². The number of nitrogens with one attached hydrogen (secondary N) is 2. The lowest BCUT2D eigenvalue weighted by molar-refractivity contribution is -0.123. The smallest absolute Gasteiger partial charge is 0.237 e. The minimum atomic E-state index is -0.0742. The Bertz CT molecular complexity index is 492. The van der Waals surface area contributed by atoms with Gasteiger partial charge < -0.3 is 10.6 Å². The summed E-state index contributed by atoms with van der Waals surface area (Å²) in [4.78, 5) is 12.3. The number of carbonyl (C=O) groups excluding carboxylic acids is 1. The molecule has 1 amide bonds. The van der Waals surface area contributed by atoms with Gasteiger partial charge in [0.25, 0.3) is 0 Å². The van der Waals surface area contributed by atoms with Gasteiger partial charge in [0.1, 0.15) is 0 Å². The molecule has 3 nitrogen and oxygen atoms in total. The van der Waals surface area contributed by atoms with Gasteiger partial charge in [-0.3, -0.25) is 4.79 Å². The fourth-order valence-corrected chi connectivity index (χ4v) is 3.47. The summed E-state index contributed by atoms with van der Waals surface area (Å²) in [6.45, 7) is 3.92. The summed E-state index contributed by atoms with van der Waals surface area (Å²) in [5, 5.41) is 6.52. The number of rotatable bonds is 3. The molecular formula is C17H24N2O. The molecule has 2 aliphatic rings. The molecule has 3 rings (SSSR count). The lowest BCUT2D eigenvalue weighted by Gasteiger charge is -2.28. The van der Waals surface area contributed by atoms with Crippen LogP contribution in [-0.2, 0) is 17.8 Å². The fourth-order valence-electron chi connectivity index (χ4n) is 3.47. The monoisotopic (exact) mass is 272 g/mol. The molecule has 1 aliphatic heterocycles. The highest BCUT2D eigenvalue weighted by molar-refractivity contribution is 5.82. The molecule has 1 aliphatic carbocycles. The zero-order chi connectivity index (χ0) is 14.0. The van der Waals surface area contributed by atoms with Gasteiger partial charge >= 0.3 is 0 Å². The van der Waals surface area contributed by atoms with Crippen LogP contribution in [0.25, 0.3) is 0 Å². The lowest BCUT2D eigenvalue weighted by Crippen LogP contribution is -2.49. The van der Waals surface area contributed by atoms with Gasteiger partial charge in [0.05, 0.1) is 6.04 Å². The minimum absolute atomic E-state index is 0.0742. The summed E-state index contributed by atoms with van der Waals surface area (Å²) in [6, 6.07) is 8.31. The third-order valence-electron chi connectivity index (χ3n) is 4.90. The second kappa shape index (κ2) is 5.57. The summed E-state index contributed by atoms with van der Waals surface area (Å²) in [5.41, 5.74) is 2.94. The van der Waals surface area contributed by atoms with E-state index in [-0.39, 0.29) is 11.9 Å². The quantitative estimate of drug-likeness (QED) is 0.887. The minimum Gasteiger partial charge on any atom is -0.354 e. The standard InChI is InChI=1S/C17H24N2O/c1-17(8-4-5-9-17)12-19-16(20)15-10-13-6-2-3-7-14(13)11-18-15/h2-3,6-7,15,18H,4-5,8-12H2,1H3,(H,19,20)/t15-/m1/s1. The van der Waals surface area contributed by atoms with Gasteiger partial charge in [-0.15, -0.1) is 0 Å². The molecule has 1 saturated carbocycles. The summed E-state index contributed by atoms with van der Waals surface area (Å²) < 4.78 is 0. The molecule has 0 radical (unpaired) electrons. The van der Waals surface area contributed by atoms with Crippen LogP contribution in [0.3, 0.4) is 0 Å². The topological polar surface area (TPSA) is 41.1 Å². The third kappa shape index (κ3) is 2.88. The average molecular weight is 272 g/mol. The van der Waals surface area contributed by atoms with E-state index in [0.29, 0.717) is 5.41 Å². The van der Waals surface area contributed by atoms with Crippen molar-refractivity contribution in [3.05, 3.63) is 35.4 Å². The van der Waals surface area contributed by atoms with E-state index in [9.17, 15) is 4.79 Å². The third-order valence-corrected chi connectivity index (χ3v) is 4.90. The van der Waals surface area contributed by atoms with E-state index in [0.717, 1.165) is 19.5 Å². The van der Waals surface area contributed by atoms with Crippen molar-refractivity contribution in [1.29, 1.82) is 0 Å². The predicted molar refractivity (Wildman–Crippen MR) is 80.4 cm³/mol. The van der Waals surface area contributed by atoms with Crippen LogP contribution < -0.4 is 10.6 Å². The Balaban J connectivity index is 1.56. The summed E-state index contributed by atoms with van der Waals surface area (Å²) in [7, 11) is 0. The Morgan fingerprint density at radius 2 is 2.00 bits per heavy atom. The highest BCUT2D eigenvalue weighted by atomic mass is 16.2. The van der Waals surface area contributed by atoms with Gasteiger partial charge in [-0.05, 0) is 35.8 Å². The number of amides is 1. The van der Waals surface area contributed by atoms with Crippen LogP contribution >= 0.6 is 0 Å². The Morgan fingerprint density at radius 1 is 1.30 bits per heavy atom. The van der Waals surface area contributed by atoms with E-state index < -0.39 is 0 Å². The van der Waals surface area contributed by atoms with Crippen LogP contribution in [0.4, 0.5) is 0 Å². The molecule has 1 fully saturated rings. The molecular weight excluding hydrogens is 248 g/mol. The van der Waals surface area contributed by atoms with E-state index in [1.165, 1.54) is 36.8 Å². The van der Waals surface area contributed by atoms with Crippen molar-refractivity contribution in [2.24, 2.45) is 5.41 Å². The molecule has 0 bridgehead atoms. The number of hydrogen-bond donors (Lipinski definition) is 2. The first-order valence-electron chi connectivity index (χ1n) is 7.74. The second-order valence-corrected chi connectivity index (χ2v) is 6.64. The Morgan fingerprint density at radius 3 is 2.75 bits per heavy atom. The van der Waals surface area contributed by atoms with Crippen LogP contribution in [0.2, 0.25) is 0 Å². The van der Waals surface area contributed by atoms with Crippen molar-refractivity contribution in [2.45, 2.75) is 51.6 Å². The molecule has 1 atom stereocenters. The molecule has 108 valence electrons. The Hall–Kier alpha value is -1.35. The first kappa shape index (κ1) is 13.6. The zero-order valence-corrected chi connectivity index (χ0v) is 12.2. The molecule has 0 spiro atoms. The van der Waals surface area contributed by atoms with E-state index in [2.05, 4.69) is 41.8 Å². The number of hydrogen-bond acceptors (Lipinski definition) is 2. The molecule has 0 aromatic heterocycles. The van der Waals surface area contributed by atoms with Gasteiger partial charge in [0, 0.05) is 13.1 Å². The first-order chi connectivity index (χ1) is 9.66.